The molecule has 0 bridgehead atoms. The van der Waals surface area contributed by atoms with Gasteiger partial charge < -0.3 is 65.0 Å². The lowest BCUT2D eigenvalue weighted by Crippen LogP contribution is -2.61. The highest BCUT2D eigenvalue weighted by molar-refractivity contribution is 5.93. The highest BCUT2D eigenvalue weighted by Gasteiger charge is 2.49. The number of aromatic nitrogens is 2. The van der Waals surface area contributed by atoms with Gasteiger partial charge in [0.15, 0.2) is 11.7 Å². The monoisotopic (exact) mass is 875 g/mol. The number of amides is 2. The maximum absolute atomic E-state index is 15.4. The molecule has 4 aromatic rings. The Morgan fingerprint density at radius 1 is 1.06 bits per heavy atom. The van der Waals surface area contributed by atoms with Gasteiger partial charge in [-0.3, -0.25) is 9.59 Å². The zero-order chi connectivity index (χ0) is 45.1. The lowest BCUT2D eigenvalue weighted by atomic mass is 9.81. The lowest BCUT2D eigenvalue weighted by Gasteiger charge is -2.38. The molecule has 8 rings (SSSR count). The summed E-state index contributed by atoms with van der Waals surface area (Å²) in [5.74, 6) is -3.23. The quantitative estimate of drug-likeness (QED) is 0.0810. The number of aryl methyl sites for hydroxylation is 1. The number of aliphatic hydroxyl groups excluding tert-OH is 3. The molecule has 2 aromatic carbocycles. The van der Waals surface area contributed by atoms with E-state index in [0.717, 1.165) is 0 Å². The summed E-state index contributed by atoms with van der Waals surface area (Å²) in [4.78, 5) is 69.4. The standard InChI is InChI=1S/C43H46FN5O14/c1-4-43(59)24-12-28-33-22(15-49(28)38(54)23(24)17-60-41(43)57)32-26(7-6-21-18(2)25(44)13-27(47-33)31(21)32)48-42(58)61-16-19-5-8-29(20(11-19)14-46-30(50)9-10-45-3)62-40-36(53)34(51)35(52)37(63-40)39(55)56/h5,8,11-13,26,34-37,40,45,51-53,59H,4,6-7,9-10,14-17H2,1-3H3,(H,46,50)(H,48,58)(H,55,56). The number of nitrogens with zero attached hydrogens (tertiary/aromatic N) is 2. The summed E-state index contributed by atoms with van der Waals surface area (Å²) in [6.07, 6.45) is -9.35. The summed E-state index contributed by atoms with van der Waals surface area (Å²) in [6.45, 7) is 2.98. The van der Waals surface area contributed by atoms with Crippen LogP contribution in [-0.2, 0) is 66.9 Å². The Morgan fingerprint density at radius 3 is 2.57 bits per heavy atom. The number of hydrogen-bond acceptors (Lipinski definition) is 15. The van der Waals surface area contributed by atoms with Crippen LogP contribution in [-0.4, -0.2) is 103 Å². The molecule has 4 aliphatic rings. The average molecular weight is 876 g/mol. The third-order valence-electron chi connectivity index (χ3n) is 12.3. The van der Waals surface area contributed by atoms with E-state index in [1.807, 2.05) is 0 Å². The van der Waals surface area contributed by atoms with Crippen molar-refractivity contribution in [3.63, 3.8) is 0 Å². The number of benzene rings is 2. The van der Waals surface area contributed by atoms with Gasteiger partial charge >= 0.3 is 18.0 Å². The Morgan fingerprint density at radius 2 is 1.84 bits per heavy atom. The molecule has 334 valence electrons. The zero-order valence-corrected chi connectivity index (χ0v) is 34.4. The topological polar surface area (TPSA) is 277 Å². The SMILES string of the molecule is CCC1(O)C(=O)OCc2c1cc1n(c2=O)Cc2c-1nc1cc(F)c(C)c3c1c2C(NC(=O)OCc1ccc(OC2OC(C(=O)O)C(O)C(O)C2O)c(CNC(=O)CCNC)c1)CC3. The Bertz CT molecular complexity index is 2620. The van der Waals surface area contributed by atoms with Crippen molar-refractivity contribution in [2.75, 3.05) is 13.6 Å². The number of aliphatic carboxylic acids is 1. The first-order valence-corrected chi connectivity index (χ1v) is 20.4. The second-order valence-electron chi connectivity index (χ2n) is 16.0. The summed E-state index contributed by atoms with van der Waals surface area (Å²) in [5, 5.41) is 61.1. The van der Waals surface area contributed by atoms with E-state index >= 15 is 4.39 Å². The summed E-state index contributed by atoms with van der Waals surface area (Å²) >= 11 is 0. The first-order chi connectivity index (χ1) is 30.1. The molecule has 5 heterocycles. The van der Waals surface area contributed by atoms with Crippen LogP contribution in [0.25, 0.3) is 22.3 Å². The van der Waals surface area contributed by atoms with Crippen molar-refractivity contribution in [2.45, 2.75) is 108 Å². The van der Waals surface area contributed by atoms with Crippen LogP contribution in [0, 0.1) is 12.7 Å². The van der Waals surface area contributed by atoms with Gasteiger partial charge in [-0.15, -0.1) is 0 Å². The van der Waals surface area contributed by atoms with Crippen LogP contribution in [0.2, 0.25) is 0 Å². The van der Waals surface area contributed by atoms with Crippen LogP contribution < -0.4 is 26.2 Å². The predicted molar refractivity (Wildman–Crippen MR) is 215 cm³/mol. The third kappa shape index (κ3) is 7.65. The molecule has 1 fully saturated rings. The number of halogens is 1. The molecular formula is C43H46FN5O14. The second kappa shape index (κ2) is 16.9. The number of aliphatic hydroxyl groups is 4. The van der Waals surface area contributed by atoms with E-state index in [1.54, 1.807) is 33.0 Å². The Balaban J connectivity index is 1.07. The number of fused-ring (bicyclic) bond motifs is 5. The van der Waals surface area contributed by atoms with Gasteiger partial charge in [0.2, 0.25) is 12.2 Å². The number of alkyl carbamates (subject to hydrolysis) is 1. The van der Waals surface area contributed by atoms with E-state index in [1.165, 1.54) is 22.8 Å². The van der Waals surface area contributed by atoms with Crippen molar-refractivity contribution < 1.29 is 68.0 Å². The molecular weight excluding hydrogens is 829 g/mol. The van der Waals surface area contributed by atoms with Gasteiger partial charge in [-0.2, -0.15) is 0 Å². The fourth-order valence-electron chi connectivity index (χ4n) is 8.80. The first kappa shape index (κ1) is 43.6. The number of carbonyl (C=O) groups excluding carboxylic acids is 3. The van der Waals surface area contributed by atoms with Gasteiger partial charge in [0.25, 0.3) is 5.56 Å². The predicted octanol–water partition coefficient (Wildman–Crippen LogP) is 0.938. The largest absolute Gasteiger partial charge is 0.479 e. The smallest absolute Gasteiger partial charge is 0.407 e. The van der Waals surface area contributed by atoms with E-state index in [2.05, 4.69) is 16.0 Å². The Hall–Kier alpha value is -6.03. The van der Waals surface area contributed by atoms with Crippen LogP contribution >= 0.6 is 0 Å². The molecule has 1 saturated heterocycles. The summed E-state index contributed by atoms with van der Waals surface area (Å²) in [6, 6.07) is 6.68. The van der Waals surface area contributed by atoms with Crippen LogP contribution in [0.1, 0.15) is 76.7 Å². The zero-order valence-electron chi connectivity index (χ0n) is 34.4. The molecule has 7 unspecified atom stereocenters. The minimum absolute atomic E-state index is 0.0245. The summed E-state index contributed by atoms with van der Waals surface area (Å²) < 4.78 is 38.9. The van der Waals surface area contributed by atoms with Crippen molar-refractivity contribution >= 4 is 34.8 Å². The molecule has 2 amide bonds. The molecule has 20 heteroatoms. The number of cyclic esters (lactones) is 1. The molecule has 2 aromatic heterocycles. The van der Waals surface area contributed by atoms with Crippen LogP contribution in [0.5, 0.6) is 5.75 Å². The van der Waals surface area contributed by atoms with Gasteiger partial charge in [-0.1, -0.05) is 13.0 Å². The van der Waals surface area contributed by atoms with Gasteiger partial charge in [0.05, 0.1) is 35.1 Å². The summed E-state index contributed by atoms with van der Waals surface area (Å²) in [5.41, 5.74) is 1.81. The Kier molecular flexibility index (Phi) is 11.7. The van der Waals surface area contributed by atoms with Crippen molar-refractivity contribution in [3.8, 4) is 17.1 Å². The first-order valence-electron chi connectivity index (χ1n) is 20.4. The Labute approximate surface area is 357 Å². The summed E-state index contributed by atoms with van der Waals surface area (Å²) in [7, 11) is 1.69. The molecule has 0 spiro atoms. The van der Waals surface area contributed by atoms with E-state index in [0.29, 0.717) is 75.1 Å². The molecule has 63 heavy (non-hydrogen) atoms. The van der Waals surface area contributed by atoms with Crippen molar-refractivity contribution in [2.24, 2.45) is 0 Å². The van der Waals surface area contributed by atoms with Gasteiger partial charge in [-0.25, -0.2) is 23.8 Å². The van der Waals surface area contributed by atoms with Crippen LogP contribution in [0.3, 0.4) is 0 Å². The minimum Gasteiger partial charge on any atom is -0.479 e. The molecule has 0 radical (unpaired) electrons. The van der Waals surface area contributed by atoms with E-state index in [4.69, 9.17) is 23.9 Å². The van der Waals surface area contributed by atoms with E-state index in [9.17, 15) is 49.5 Å². The molecule has 7 atom stereocenters. The number of carboxylic acid groups (broad SMARTS) is 1. The number of ether oxygens (including phenoxy) is 4. The fraction of sp³-hybridized carbons (Fsp3) is 0.442. The van der Waals surface area contributed by atoms with Crippen molar-refractivity contribution in [1.82, 2.24) is 25.5 Å². The minimum atomic E-state index is -2.05. The number of nitrogens with one attached hydrogen (secondary N) is 3. The molecule has 1 aliphatic carbocycles. The van der Waals surface area contributed by atoms with E-state index < -0.39 is 71.8 Å². The maximum atomic E-state index is 15.4. The maximum Gasteiger partial charge on any atom is 0.407 e. The van der Waals surface area contributed by atoms with Gasteiger partial charge in [-0.05, 0) is 73.7 Å². The molecule has 0 saturated carbocycles. The number of pyridine rings is 2. The van der Waals surface area contributed by atoms with Gasteiger partial charge in [0.1, 0.15) is 43.1 Å². The van der Waals surface area contributed by atoms with Crippen LogP contribution in [0.15, 0.2) is 35.1 Å². The van der Waals surface area contributed by atoms with E-state index in [-0.39, 0.29) is 61.9 Å². The van der Waals surface area contributed by atoms with Gasteiger partial charge in [0, 0.05) is 47.7 Å². The van der Waals surface area contributed by atoms with Crippen molar-refractivity contribution in [1.29, 1.82) is 0 Å². The highest BCUT2D eigenvalue weighted by atomic mass is 19.1. The molecule has 19 nitrogen and oxygen atoms in total. The number of esters is 1. The number of rotatable bonds is 12. The molecule has 3 aliphatic heterocycles. The number of carboxylic acids is 1. The number of carbonyl (C=O) groups is 4. The number of hydrogen-bond donors (Lipinski definition) is 8. The average Bonchev–Trinajstić information content (AvgIpc) is 3.64. The second-order valence-corrected chi connectivity index (χ2v) is 16.0. The lowest BCUT2D eigenvalue weighted by molar-refractivity contribution is -0.271. The highest BCUT2D eigenvalue weighted by Crippen LogP contribution is 2.46. The molecule has 8 N–H and O–H groups in total. The normalized spacial score (nSPS) is 24.5. The van der Waals surface area contributed by atoms with Crippen LogP contribution in [0.4, 0.5) is 9.18 Å². The van der Waals surface area contributed by atoms with Crippen molar-refractivity contribution in [3.05, 3.63) is 91.0 Å². The third-order valence-corrected chi connectivity index (χ3v) is 12.3. The fourth-order valence-corrected chi connectivity index (χ4v) is 8.80.